The molecule has 0 aromatic heterocycles. The lowest BCUT2D eigenvalue weighted by Gasteiger charge is -2.03. The Morgan fingerprint density at radius 3 is 2.00 bits per heavy atom. The van der Waals surface area contributed by atoms with Gasteiger partial charge in [-0.05, 0) is 0 Å². The van der Waals surface area contributed by atoms with E-state index in [1.165, 1.54) is 14.1 Å². The molecule has 1 atom stereocenters. The Balaban J connectivity index is 3.27. The van der Waals surface area contributed by atoms with Gasteiger partial charge in [0, 0.05) is 23.1 Å². The van der Waals surface area contributed by atoms with Crippen LogP contribution in [0.1, 0.15) is 0 Å². The molecule has 0 amide bonds. The van der Waals surface area contributed by atoms with Gasteiger partial charge in [-0.1, -0.05) is 4.67 Å². The summed E-state index contributed by atoms with van der Waals surface area (Å²) < 4.78 is 59.3. The molecular formula is C2H6F4N4P3+. The topological polar surface area (TPSA) is 40.3 Å². The summed E-state index contributed by atoms with van der Waals surface area (Å²) in [6.07, 6.45) is 0. The molecule has 0 saturated heterocycles. The van der Waals surface area contributed by atoms with Crippen LogP contribution in [0.5, 0.6) is 0 Å². The maximum Gasteiger partial charge on any atom is 0.467 e. The van der Waals surface area contributed by atoms with Crippen LogP contribution < -0.4 is 0 Å². The van der Waals surface area contributed by atoms with Gasteiger partial charge in [0.2, 0.25) is 0 Å². The highest BCUT2D eigenvalue weighted by atomic mass is 31.3. The monoisotopic (exact) mass is 255 g/mol. The van der Waals surface area contributed by atoms with Crippen molar-refractivity contribution in [3.8, 4) is 0 Å². The van der Waals surface area contributed by atoms with Gasteiger partial charge in [0.1, 0.15) is 0 Å². The molecule has 0 aromatic rings. The van der Waals surface area contributed by atoms with Crippen LogP contribution in [0.15, 0.2) is 13.5 Å². The first-order chi connectivity index (χ1) is 5.72. The molecule has 76 valence electrons. The summed E-state index contributed by atoms with van der Waals surface area (Å²) in [5.74, 6) is 0. The van der Waals surface area contributed by atoms with Gasteiger partial charge >= 0.3 is 23.7 Å². The zero-order valence-electron chi connectivity index (χ0n) is 6.64. The fraction of sp³-hybridized carbons (Fsp3) is 1.00. The maximum absolute atomic E-state index is 12.6. The Labute approximate surface area is 73.6 Å². The molecule has 0 saturated carbocycles. The van der Waals surface area contributed by atoms with Crippen molar-refractivity contribution in [1.82, 2.24) is 4.67 Å². The number of halogens is 4. The fourth-order valence-corrected chi connectivity index (χ4v) is 5.79. The van der Waals surface area contributed by atoms with E-state index in [0.717, 1.165) is 4.67 Å². The first-order valence-electron chi connectivity index (χ1n) is 2.97. The second kappa shape index (κ2) is 3.43. The Hall–Kier alpha value is 0.240. The zero-order valence-corrected chi connectivity index (χ0v) is 9.33. The summed E-state index contributed by atoms with van der Waals surface area (Å²) in [7, 11) is -9.61. The van der Waals surface area contributed by atoms with Crippen molar-refractivity contribution < 1.29 is 16.8 Å². The van der Waals surface area contributed by atoms with E-state index in [1.807, 2.05) is 0 Å². The minimum absolute atomic E-state index is 1.16. The second-order valence-electron chi connectivity index (χ2n) is 2.30. The van der Waals surface area contributed by atoms with Crippen LogP contribution in [0.2, 0.25) is 0 Å². The summed E-state index contributed by atoms with van der Waals surface area (Å²) >= 11 is 0. The Morgan fingerprint density at radius 1 is 1.08 bits per heavy atom. The van der Waals surface area contributed by atoms with E-state index in [1.54, 1.807) is 0 Å². The van der Waals surface area contributed by atoms with Crippen LogP contribution in [0.4, 0.5) is 16.8 Å². The molecule has 0 radical (unpaired) electrons. The SMILES string of the molecule is CN(C)[P+]1=NP(F)(F)=NP(F)(F)=N1. The standard InChI is InChI=1S/C2H6F4N4P3/c1-10(2)11-7-12(3,4)9-13(5,6)8-11/h1-2H3/q+1. The molecule has 0 fully saturated rings. The normalized spacial score (nSPS) is 27.5. The van der Waals surface area contributed by atoms with Crippen molar-refractivity contribution in [3.05, 3.63) is 0 Å². The molecule has 0 N–H and O–H groups in total. The highest BCUT2D eigenvalue weighted by Crippen LogP contribution is 2.76. The van der Waals surface area contributed by atoms with Crippen LogP contribution in [0, 0.1) is 0 Å². The van der Waals surface area contributed by atoms with Crippen LogP contribution >= 0.6 is 23.7 Å². The Morgan fingerprint density at radius 2 is 1.62 bits per heavy atom. The average molecular weight is 255 g/mol. The largest absolute Gasteiger partial charge is 0.467 e. The van der Waals surface area contributed by atoms with Crippen LogP contribution in [-0.2, 0) is 0 Å². The number of hydrogen-bond donors (Lipinski definition) is 0. The molecule has 1 aliphatic heterocycles. The molecule has 0 aliphatic carbocycles. The molecule has 1 aliphatic rings. The quantitative estimate of drug-likeness (QED) is 0.488. The van der Waals surface area contributed by atoms with Gasteiger partial charge in [0.05, 0.1) is 0 Å². The van der Waals surface area contributed by atoms with Gasteiger partial charge in [-0.2, -0.15) is 0 Å². The van der Waals surface area contributed by atoms with E-state index in [9.17, 15) is 16.8 Å². The van der Waals surface area contributed by atoms with E-state index < -0.39 is 23.7 Å². The first-order valence-corrected chi connectivity index (χ1v) is 7.12. The molecule has 0 spiro atoms. The third kappa shape index (κ3) is 3.13. The van der Waals surface area contributed by atoms with Crippen LogP contribution in [0.25, 0.3) is 0 Å². The van der Waals surface area contributed by atoms with Gasteiger partial charge in [-0.25, -0.2) is 0 Å². The van der Waals surface area contributed by atoms with E-state index in [-0.39, 0.29) is 0 Å². The molecule has 13 heavy (non-hydrogen) atoms. The van der Waals surface area contributed by atoms with E-state index >= 15 is 0 Å². The number of nitrogens with zero attached hydrogens (tertiary/aromatic N) is 4. The third-order valence-electron chi connectivity index (χ3n) is 0.948. The molecule has 0 bridgehead atoms. The van der Waals surface area contributed by atoms with Crippen LogP contribution in [0.3, 0.4) is 0 Å². The van der Waals surface area contributed by atoms with Gasteiger partial charge < -0.3 is 0 Å². The van der Waals surface area contributed by atoms with E-state index in [4.69, 9.17) is 0 Å². The van der Waals surface area contributed by atoms with Crippen molar-refractivity contribution in [3.63, 3.8) is 0 Å². The zero-order chi connectivity index (χ0) is 10.3. The second-order valence-corrected chi connectivity index (χ2v) is 7.60. The summed E-state index contributed by atoms with van der Waals surface area (Å²) in [4.78, 5) is 0. The van der Waals surface area contributed by atoms with Crippen molar-refractivity contribution in [1.29, 1.82) is 0 Å². The van der Waals surface area contributed by atoms with Gasteiger partial charge in [0.25, 0.3) is 0 Å². The molecular weight excluding hydrogens is 249 g/mol. The number of hydrogen-bond acceptors (Lipinski definition) is 4. The molecule has 1 rings (SSSR count). The average Bonchev–Trinajstić information content (AvgIpc) is 1.79. The lowest BCUT2D eigenvalue weighted by atomic mass is 11.3. The van der Waals surface area contributed by atoms with Gasteiger partial charge in [-0.15, -0.1) is 21.3 Å². The Kier molecular flexibility index (Phi) is 2.98. The smallest absolute Gasteiger partial charge is 0.147 e. The van der Waals surface area contributed by atoms with Gasteiger partial charge in [0.15, 0.2) is 0 Å². The number of rotatable bonds is 1. The molecule has 1 heterocycles. The highest BCUT2D eigenvalue weighted by Gasteiger charge is 2.41. The summed E-state index contributed by atoms with van der Waals surface area (Å²) in [6, 6.07) is 0. The minimum atomic E-state index is -5.13. The fourth-order valence-electron chi connectivity index (χ4n) is 0.536. The maximum atomic E-state index is 12.6. The predicted molar refractivity (Wildman–Crippen MR) is 46.2 cm³/mol. The van der Waals surface area contributed by atoms with Crippen molar-refractivity contribution >= 4 is 23.7 Å². The van der Waals surface area contributed by atoms with Crippen molar-refractivity contribution in [2.45, 2.75) is 0 Å². The minimum Gasteiger partial charge on any atom is -0.147 e. The lowest BCUT2D eigenvalue weighted by molar-refractivity contribution is 0.669. The van der Waals surface area contributed by atoms with Gasteiger partial charge in [-0.3, -0.25) is 0 Å². The van der Waals surface area contributed by atoms with Crippen LogP contribution in [-0.4, -0.2) is 18.8 Å². The third-order valence-corrected chi connectivity index (χ3v) is 6.39. The molecule has 1 unspecified atom stereocenters. The first kappa shape index (κ1) is 11.3. The highest BCUT2D eigenvalue weighted by molar-refractivity contribution is 7.74. The molecule has 11 heteroatoms. The van der Waals surface area contributed by atoms with E-state index in [2.05, 4.69) is 13.5 Å². The Bertz CT molecular complexity index is 341. The predicted octanol–water partition coefficient (Wildman–Crippen LogP) is 4.83. The summed E-state index contributed by atoms with van der Waals surface area (Å²) in [6.45, 7) is 0. The van der Waals surface area contributed by atoms with Crippen molar-refractivity contribution in [2.24, 2.45) is 13.5 Å². The lowest BCUT2D eigenvalue weighted by Crippen LogP contribution is -1.97. The molecule has 4 nitrogen and oxygen atoms in total. The summed E-state index contributed by atoms with van der Waals surface area (Å²) in [5.41, 5.74) is 0. The summed E-state index contributed by atoms with van der Waals surface area (Å²) in [5, 5.41) is 0. The van der Waals surface area contributed by atoms with E-state index in [0.29, 0.717) is 0 Å². The molecule has 0 aromatic carbocycles. The van der Waals surface area contributed by atoms with Crippen molar-refractivity contribution in [2.75, 3.05) is 14.1 Å².